The minimum absolute atomic E-state index is 0.0477. The first-order valence-corrected chi connectivity index (χ1v) is 7.25. The molecule has 8 heteroatoms. The van der Waals surface area contributed by atoms with E-state index in [0.29, 0.717) is 0 Å². The van der Waals surface area contributed by atoms with E-state index in [-0.39, 0.29) is 11.1 Å². The number of methoxy groups -OCH3 is 2. The minimum Gasteiger partial charge on any atom is -0.466 e. The summed E-state index contributed by atoms with van der Waals surface area (Å²) in [7, 11) is 2.36. The number of esters is 4. The molecule has 24 heavy (non-hydrogen) atoms. The van der Waals surface area contributed by atoms with Gasteiger partial charge in [-0.2, -0.15) is 0 Å². The SMILES string of the molecule is COC(=O)C1=C(C(=O)OC)[C@@H]2C=C[C@H]1[C@H](OC(C)=O)[C@H]2OC(C)=O. The maximum atomic E-state index is 12.2. The average molecular weight is 338 g/mol. The van der Waals surface area contributed by atoms with Gasteiger partial charge in [0.15, 0.2) is 0 Å². The number of ether oxygens (including phenoxy) is 4. The Morgan fingerprint density at radius 2 is 1.08 bits per heavy atom. The number of carbonyl (C=O) groups is 4. The van der Waals surface area contributed by atoms with Crippen molar-refractivity contribution in [3.05, 3.63) is 23.3 Å². The minimum atomic E-state index is -0.927. The number of rotatable bonds is 4. The first kappa shape index (κ1) is 17.7. The first-order chi connectivity index (χ1) is 11.3. The number of hydrogen-bond acceptors (Lipinski definition) is 8. The van der Waals surface area contributed by atoms with E-state index in [1.165, 1.54) is 28.1 Å². The van der Waals surface area contributed by atoms with Crippen LogP contribution in [0.3, 0.4) is 0 Å². The van der Waals surface area contributed by atoms with Gasteiger partial charge in [-0.1, -0.05) is 12.2 Å². The van der Waals surface area contributed by atoms with Crippen molar-refractivity contribution in [1.82, 2.24) is 0 Å². The second-order valence-corrected chi connectivity index (χ2v) is 5.40. The van der Waals surface area contributed by atoms with E-state index in [1.54, 1.807) is 12.2 Å². The Morgan fingerprint density at radius 3 is 1.33 bits per heavy atom. The summed E-state index contributed by atoms with van der Waals surface area (Å²) in [6.45, 7) is 2.42. The van der Waals surface area contributed by atoms with Crippen molar-refractivity contribution >= 4 is 23.9 Å². The maximum absolute atomic E-state index is 12.2. The van der Waals surface area contributed by atoms with Crippen molar-refractivity contribution in [2.45, 2.75) is 26.1 Å². The van der Waals surface area contributed by atoms with Gasteiger partial charge in [0, 0.05) is 13.8 Å². The van der Waals surface area contributed by atoms with Crippen molar-refractivity contribution < 1.29 is 38.1 Å². The van der Waals surface area contributed by atoms with Crippen LogP contribution in [0.5, 0.6) is 0 Å². The third-order valence-corrected chi connectivity index (χ3v) is 3.93. The van der Waals surface area contributed by atoms with Crippen molar-refractivity contribution in [2.75, 3.05) is 14.2 Å². The third-order valence-electron chi connectivity index (χ3n) is 3.93. The predicted octanol–water partition coefficient (Wildman–Crippen LogP) is 0.308. The van der Waals surface area contributed by atoms with Gasteiger partial charge in [0.25, 0.3) is 0 Å². The van der Waals surface area contributed by atoms with Gasteiger partial charge in [0.2, 0.25) is 0 Å². The second kappa shape index (κ2) is 6.86. The molecular formula is C16H18O8. The lowest BCUT2D eigenvalue weighted by molar-refractivity contribution is -0.174. The summed E-state index contributed by atoms with van der Waals surface area (Å²) in [5.74, 6) is -4.19. The molecule has 4 atom stereocenters. The van der Waals surface area contributed by atoms with E-state index in [2.05, 4.69) is 0 Å². The topological polar surface area (TPSA) is 105 Å². The molecule has 2 bridgehead atoms. The van der Waals surface area contributed by atoms with Crippen LogP contribution in [0.4, 0.5) is 0 Å². The molecule has 0 spiro atoms. The normalized spacial score (nSPS) is 27.5. The molecule has 8 nitrogen and oxygen atoms in total. The van der Waals surface area contributed by atoms with Crippen LogP contribution in [0, 0.1) is 11.8 Å². The van der Waals surface area contributed by atoms with Crippen LogP contribution in [0.1, 0.15) is 13.8 Å². The fourth-order valence-electron chi connectivity index (χ4n) is 3.12. The highest BCUT2D eigenvalue weighted by molar-refractivity contribution is 6.03. The molecule has 0 aromatic carbocycles. The van der Waals surface area contributed by atoms with E-state index in [9.17, 15) is 19.2 Å². The highest BCUT2D eigenvalue weighted by Gasteiger charge is 2.53. The van der Waals surface area contributed by atoms with Crippen LogP contribution in [0.25, 0.3) is 0 Å². The van der Waals surface area contributed by atoms with Crippen LogP contribution in [0.15, 0.2) is 23.3 Å². The number of hydrogen-bond donors (Lipinski definition) is 0. The molecule has 0 aromatic rings. The van der Waals surface area contributed by atoms with Gasteiger partial charge >= 0.3 is 23.9 Å². The van der Waals surface area contributed by atoms with Crippen molar-refractivity contribution in [3.8, 4) is 0 Å². The van der Waals surface area contributed by atoms with Crippen LogP contribution >= 0.6 is 0 Å². The predicted molar refractivity (Wildman–Crippen MR) is 78.3 cm³/mol. The lowest BCUT2D eigenvalue weighted by Crippen LogP contribution is -2.53. The summed E-state index contributed by atoms with van der Waals surface area (Å²) in [6.07, 6.45) is 1.42. The van der Waals surface area contributed by atoms with Gasteiger partial charge in [-0.05, 0) is 0 Å². The lowest BCUT2D eigenvalue weighted by atomic mass is 9.67. The van der Waals surface area contributed by atoms with Crippen LogP contribution in [-0.2, 0) is 38.1 Å². The molecule has 0 aromatic heterocycles. The molecule has 0 saturated heterocycles. The molecule has 3 aliphatic carbocycles. The summed E-state index contributed by atoms with van der Waals surface area (Å²) in [5, 5.41) is 0. The molecule has 0 unspecified atom stereocenters. The molecule has 0 fully saturated rings. The molecular weight excluding hydrogens is 320 g/mol. The van der Waals surface area contributed by atoms with Gasteiger partial charge in [-0.25, -0.2) is 9.59 Å². The van der Waals surface area contributed by atoms with Gasteiger partial charge in [0.05, 0.1) is 37.2 Å². The van der Waals surface area contributed by atoms with Crippen LogP contribution in [-0.4, -0.2) is 50.3 Å². The highest BCUT2D eigenvalue weighted by atomic mass is 16.6. The fourth-order valence-corrected chi connectivity index (χ4v) is 3.12. The summed E-state index contributed by atoms with van der Waals surface area (Å²) in [5.41, 5.74) is 0.0954. The molecule has 3 rings (SSSR count). The average Bonchev–Trinajstić information content (AvgIpc) is 2.54. The number of carbonyl (C=O) groups excluding carboxylic acids is 4. The standard InChI is InChI=1S/C16H18O8/c1-7(17)23-13-9-5-6-10(14(13)24-8(2)18)12(16(20)22-4)11(9)15(19)21-3/h5-6,9-10,13-14H,1-4H3/t9-,10+,13-,14-/m0/s1. The zero-order valence-electron chi connectivity index (χ0n) is 13.7. The Labute approximate surface area is 138 Å². The molecule has 0 amide bonds. The Kier molecular flexibility index (Phi) is 5.06. The van der Waals surface area contributed by atoms with Crippen molar-refractivity contribution in [1.29, 1.82) is 0 Å². The van der Waals surface area contributed by atoms with E-state index >= 15 is 0 Å². The van der Waals surface area contributed by atoms with E-state index < -0.39 is 47.9 Å². The van der Waals surface area contributed by atoms with Crippen molar-refractivity contribution in [3.63, 3.8) is 0 Å². The van der Waals surface area contributed by atoms with Gasteiger partial charge in [-0.3, -0.25) is 9.59 Å². The molecule has 3 aliphatic rings. The Bertz CT molecular complexity index is 590. The van der Waals surface area contributed by atoms with Crippen LogP contribution in [0.2, 0.25) is 0 Å². The molecule has 0 saturated carbocycles. The third kappa shape index (κ3) is 3.04. The zero-order valence-corrected chi connectivity index (χ0v) is 13.7. The van der Waals surface area contributed by atoms with Crippen LogP contribution < -0.4 is 0 Å². The van der Waals surface area contributed by atoms with E-state index in [4.69, 9.17) is 18.9 Å². The summed E-state index contributed by atoms with van der Waals surface area (Å²) >= 11 is 0. The maximum Gasteiger partial charge on any atom is 0.335 e. The van der Waals surface area contributed by atoms with Gasteiger partial charge < -0.3 is 18.9 Å². The second-order valence-electron chi connectivity index (χ2n) is 5.40. The summed E-state index contributed by atoms with van der Waals surface area (Å²) in [4.78, 5) is 47.2. The van der Waals surface area contributed by atoms with Gasteiger partial charge in [-0.15, -0.1) is 0 Å². The molecule has 0 aliphatic heterocycles. The Hall–Kier alpha value is -2.64. The Morgan fingerprint density at radius 1 is 0.750 bits per heavy atom. The molecule has 130 valence electrons. The largest absolute Gasteiger partial charge is 0.466 e. The molecule has 0 N–H and O–H groups in total. The lowest BCUT2D eigenvalue weighted by Gasteiger charge is -2.43. The highest BCUT2D eigenvalue weighted by Crippen LogP contribution is 2.44. The van der Waals surface area contributed by atoms with E-state index in [1.807, 2.05) is 0 Å². The Balaban J connectivity index is 2.58. The smallest absolute Gasteiger partial charge is 0.335 e. The number of fused-ring (bicyclic) bond motifs is 1. The summed E-state index contributed by atoms with van der Waals surface area (Å²) in [6, 6.07) is 0. The molecule has 0 radical (unpaired) electrons. The monoisotopic (exact) mass is 338 g/mol. The quantitative estimate of drug-likeness (QED) is 0.410. The fraction of sp³-hybridized carbons (Fsp3) is 0.500. The van der Waals surface area contributed by atoms with Gasteiger partial charge in [0.1, 0.15) is 12.2 Å². The zero-order chi connectivity index (χ0) is 18.0. The van der Waals surface area contributed by atoms with Crippen molar-refractivity contribution in [2.24, 2.45) is 11.8 Å². The van der Waals surface area contributed by atoms with E-state index in [0.717, 1.165) is 0 Å². The first-order valence-electron chi connectivity index (χ1n) is 7.25. The summed E-state index contributed by atoms with van der Waals surface area (Å²) < 4.78 is 20.0. The molecule has 0 heterocycles.